The first-order chi connectivity index (χ1) is 11.3. The van der Waals surface area contributed by atoms with Crippen molar-refractivity contribution in [1.82, 2.24) is 15.0 Å². The van der Waals surface area contributed by atoms with E-state index < -0.39 is 0 Å². The summed E-state index contributed by atoms with van der Waals surface area (Å²) in [6.07, 6.45) is 0.473. The number of nitrogens with one attached hydrogen (secondary N) is 2. The third kappa shape index (κ3) is 5.62. The number of halogens is 2. The lowest BCUT2D eigenvalue weighted by Crippen LogP contribution is -2.16. The van der Waals surface area contributed by atoms with Crippen molar-refractivity contribution in [2.45, 2.75) is 38.6 Å². The lowest BCUT2D eigenvalue weighted by Gasteiger charge is -2.15. The van der Waals surface area contributed by atoms with E-state index >= 15 is 0 Å². The van der Waals surface area contributed by atoms with Crippen LogP contribution >= 0.6 is 23.2 Å². The van der Waals surface area contributed by atoms with Crippen LogP contribution in [0.2, 0.25) is 5.02 Å². The minimum Gasteiger partial charge on any atom is -0.348 e. The minimum atomic E-state index is -0.247. The molecule has 0 saturated carbocycles. The molecule has 0 aliphatic heterocycles. The Morgan fingerprint density at radius 2 is 1.75 bits per heavy atom. The molecule has 1 heterocycles. The average Bonchev–Trinajstić information content (AvgIpc) is 2.46. The summed E-state index contributed by atoms with van der Waals surface area (Å²) in [5.74, 6) is 0.851. The van der Waals surface area contributed by atoms with Crippen LogP contribution in [0.25, 0.3) is 0 Å². The first-order valence-corrected chi connectivity index (χ1v) is 8.33. The van der Waals surface area contributed by atoms with Crippen LogP contribution in [-0.4, -0.2) is 26.2 Å². The van der Waals surface area contributed by atoms with Gasteiger partial charge in [-0.3, -0.25) is 10.1 Å². The number of carbonyl (C=O) groups is 1. The molecule has 0 bridgehead atoms. The molecular weight excluding hydrogens is 349 g/mol. The van der Waals surface area contributed by atoms with Gasteiger partial charge in [0.2, 0.25) is 17.8 Å². The monoisotopic (exact) mass is 367 g/mol. The molecule has 128 valence electrons. The number of carbonyl (C=O) groups excluding carboxylic acids is 1. The van der Waals surface area contributed by atoms with Crippen molar-refractivity contribution in [3.8, 4) is 0 Å². The van der Waals surface area contributed by atoms with Crippen LogP contribution in [0.1, 0.15) is 38.2 Å². The van der Waals surface area contributed by atoms with Gasteiger partial charge in [0.15, 0.2) is 0 Å². The van der Waals surface area contributed by atoms with Crippen LogP contribution in [0.15, 0.2) is 24.3 Å². The van der Waals surface area contributed by atoms with Crippen molar-refractivity contribution in [2.75, 3.05) is 10.6 Å². The van der Waals surface area contributed by atoms with Crippen LogP contribution in [-0.2, 0) is 11.2 Å². The predicted molar refractivity (Wildman–Crippen MR) is 96.6 cm³/mol. The van der Waals surface area contributed by atoms with E-state index in [4.69, 9.17) is 23.2 Å². The van der Waals surface area contributed by atoms with Gasteiger partial charge in [-0.15, -0.1) is 11.6 Å². The Kier molecular flexibility index (Phi) is 6.34. The van der Waals surface area contributed by atoms with Crippen molar-refractivity contribution in [3.63, 3.8) is 0 Å². The summed E-state index contributed by atoms with van der Waals surface area (Å²) in [6, 6.07) is 7.46. The second-order valence-corrected chi connectivity index (χ2v) is 6.66. The van der Waals surface area contributed by atoms with Crippen molar-refractivity contribution in [3.05, 3.63) is 40.7 Å². The molecule has 0 spiro atoms. The van der Waals surface area contributed by atoms with Crippen LogP contribution < -0.4 is 10.6 Å². The Morgan fingerprint density at radius 3 is 2.33 bits per heavy atom. The highest BCUT2D eigenvalue weighted by Gasteiger charge is 2.13. The Balaban J connectivity index is 2.23. The summed E-state index contributed by atoms with van der Waals surface area (Å²) in [5, 5.41) is 6.34. The van der Waals surface area contributed by atoms with Crippen LogP contribution in [0.5, 0.6) is 0 Å². The minimum absolute atomic E-state index is 0.0453. The lowest BCUT2D eigenvalue weighted by molar-refractivity contribution is -0.114. The Morgan fingerprint density at radius 1 is 1.12 bits per heavy atom. The van der Waals surface area contributed by atoms with Gasteiger partial charge in [-0.2, -0.15) is 15.0 Å². The molecule has 1 aromatic carbocycles. The van der Waals surface area contributed by atoms with E-state index in [0.717, 1.165) is 5.56 Å². The molecule has 0 aliphatic carbocycles. The maximum atomic E-state index is 11.3. The van der Waals surface area contributed by atoms with Gasteiger partial charge in [0.25, 0.3) is 0 Å². The normalized spacial score (nSPS) is 13.2. The number of benzene rings is 1. The zero-order valence-corrected chi connectivity index (χ0v) is 15.2. The van der Waals surface area contributed by atoms with E-state index in [0.29, 0.717) is 23.2 Å². The van der Waals surface area contributed by atoms with Gasteiger partial charge in [0.05, 0.1) is 6.04 Å². The second-order valence-electron chi connectivity index (χ2n) is 5.48. The van der Waals surface area contributed by atoms with E-state index in [1.807, 2.05) is 38.1 Å². The van der Waals surface area contributed by atoms with Gasteiger partial charge in [-0.1, -0.05) is 23.7 Å². The van der Waals surface area contributed by atoms with E-state index in [1.54, 1.807) is 0 Å². The molecule has 1 aromatic heterocycles. The first-order valence-electron chi connectivity index (χ1n) is 7.52. The van der Waals surface area contributed by atoms with Crippen LogP contribution in [0.3, 0.4) is 0 Å². The van der Waals surface area contributed by atoms with E-state index in [1.165, 1.54) is 6.92 Å². The Bertz CT molecular complexity index is 706. The summed E-state index contributed by atoms with van der Waals surface area (Å²) in [4.78, 5) is 24.1. The topological polar surface area (TPSA) is 79.8 Å². The zero-order valence-electron chi connectivity index (χ0n) is 13.7. The fourth-order valence-electron chi connectivity index (χ4n) is 2.07. The van der Waals surface area contributed by atoms with E-state index in [9.17, 15) is 4.79 Å². The van der Waals surface area contributed by atoms with Crippen molar-refractivity contribution < 1.29 is 4.79 Å². The average molecular weight is 368 g/mol. The number of hydrogen-bond donors (Lipinski definition) is 2. The molecule has 0 saturated heterocycles. The quantitative estimate of drug-likeness (QED) is 0.758. The predicted octanol–water partition coefficient (Wildman–Crippen LogP) is 3.83. The third-order valence-corrected chi connectivity index (χ3v) is 3.56. The standard InChI is InChI=1S/C16H19Cl2N5O/c1-9(17)8-14-21-15(23-16(22-14)20-11(3)24)19-10(2)12-4-6-13(18)7-5-12/h4-7,9-10H,8H2,1-3H3,(H2,19,20,21,22,23,24). The number of nitrogens with zero attached hydrogens (tertiary/aromatic N) is 3. The van der Waals surface area contributed by atoms with Gasteiger partial charge in [-0.25, -0.2) is 0 Å². The molecule has 0 fully saturated rings. The molecule has 8 heteroatoms. The molecule has 2 rings (SSSR count). The fourth-order valence-corrected chi connectivity index (χ4v) is 2.33. The Hall–Kier alpha value is -1.92. The highest BCUT2D eigenvalue weighted by molar-refractivity contribution is 6.30. The fraction of sp³-hybridized carbons (Fsp3) is 0.375. The molecule has 0 aliphatic rings. The number of aromatic nitrogens is 3. The Labute approximate surface area is 151 Å². The van der Waals surface area contributed by atoms with E-state index in [-0.39, 0.29) is 23.3 Å². The summed E-state index contributed by atoms with van der Waals surface area (Å²) in [7, 11) is 0. The summed E-state index contributed by atoms with van der Waals surface area (Å²) >= 11 is 11.9. The number of hydrogen-bond acceptors (Lipinski definition) is 5. The molecule has 2 unspecified atom stereocenters. The molecule has 2 atom stereocenters. The van der Waals surface area contributed by atoms with E-state index in [2.05, 4.69) is 25.6 Å². The van der Waals surface area contributed by atoms with Gasteiger partial charge in [-0.05, 0) is 31.5 Å². The second kappa shape index (κ2) is 8.26. The maximum Gasteiger partial charge on any atom is 0.234 e. The SMILES string of the molecule is CC(=O)Nc1nc(CC(C)Cl)nc(NC(C)c2ccc(Cl)cc2)n1. The number of alkyl halides is 1. The number of amides is 1. The zero-order chi connectivity index (χ0) is 17.7. The number of rotatable bonds is 6. The molecule has 0 radical (unpaired) electrons. The van der Waals surface area contributed by atoms with Gasteiger partial charge >= 0.3 is 0 Å². The van der Waals surface area contributed by atoms with Crippen LogP contribution in [0.4, 0.5) is 11.9 Å². The molecular formula is C16H19Cl2N5O. The van der Waals surface area contributed by atoms with Crippen molar-refractivity contribution in [2.24, 2.45) is 0 Å². The smallest absolute Gasteiger partial charge is 0.234 e. The molecule has 6 nitrogen and oxygen atoms in total. The van der Waals surface area contributed by atoms with Gasteiger partial charge < -0.3 is 5.32 Å². The number of anilines is 2. The van der Waals surface area contributed by atoms with Gasteiger partial charge in [0, 0.05) is 23.7 Å². The summed E-state index contributed by atoms with van der Waals surface area (Å²) in [6.45, 7) is 5.23. The highest BCUT2D eigenvalue weighted by Crippen LogP contribution is 2.20. The largest absolute Gasteiger partial charge is 0.348 e. The van der Waals surface area contributed by atoms with Crippen molar-refractivity contribution in [1.29, 1.82) is 0 Å². The van der Waals surface area contributed by atoms with Gasteiger partial charge in [0.1, 0.15) is 5.82 Å². The summed E-state index contributed by atoms with van der Waals surface area (Å²) in [5.41, 5.74) is 1.04. The molecule has 2 aromatic rings. The summed E-state index contributed by atoms with van der Waals surface area (Å²) < 4.78 is 0. The van der Waals surface area contributed by atoms with Crippen LogP contribution in [0, 0.1) is 0 Å². The third-order valence-electron chi connectivity index (χ3n) is 3.15. The lowest BCUT2D eigenvalue weighted by atomic mass is 10.1. The van der Waals surface area contributed by atoms with Crippen molar-refractivity contribution >= 4 is 41.0 Å². The molecule has 1 amide bonds. The molecule has 2 N–H and O–H groups in total. The molecule has 24 heavy (non-hydrogen) atoms. The first kappa shape index (κ1) is 18.4. The maximum absolute atomic E-state index is 11.3. The highest BCUT2D eigenvalue weighted by atomic mass is 35.5.